The monoisotopic (exact) mass is 405 g/mol. The summed E-state index contributed by atoms with van der Waals surface area (Å²) in [6.07, 6.45) is 0. The molecule has 4 nitrogen and oxygen atoms in total. The second-order valence-corrected chi connectivity index (χ2v) is 7.99. The number of rotatable bonds is 7. The van der Waals surface area contributed by atoms with Gasteiger partial charge in [0.2, 0.25) is 5.91 Å². The van der Waals surface area contributed by atoms with E-state index < -0.39 is 5.76 Å². The van der Waals surface area contributed by atoms with Crippen LogP contribution in [-0.2, 0) is 11.3 Å². The van der Waals surface area contributed by atoms with Crippen LogP contribution < -0.4 is 5.32 Å². The van der Waals surface area contributed by atoms with Crippen molar-refractivity contribution in [1.29, 1.82) is 0 Å². The Kier molecular flexibility index (Phi) is 7.42. The molecule has 1 N–H and O–H groups in total. The van der Waals surface area contributed by atoms with E-state index in [-0.39, 0.29) is 5.91 Å². The van der Waals surface area contributed by atoms with Gasteiger partial charge in [0, 0.05) is 43.3 Å². The zero-order valence-corrected chi connectivity index (χ0v) is 16.7. The minimum absolute atomic E-state index is 0.0818. The average molecular weight is 406 g/mol. The Balaban J connectivity index is 1.41. The van der Waals surface area contributed by atoms with Gasteiger partial charge in [0.25, 0.3) is 5.76 Å². The van der Waals surface area contributed by atoms with Crippen LogP contribution in [0, 0.1) is 6.92 Å². The molecule has 1 heterocycles. The van der Waals surface area contributed by atoms with Gasteiger partial charge in [-0.25, -0.2) is 0 Å². The molecule has 0 atom stereocenters. The molecule has 2 aromatic rings. The molecule has 7 heteroatoms. The summed E-state index contributed by atoms with van der Waals surface area (Å²) in [7, 11) is 0. The lowest BCUT2D eigenvalue weighted by Crippen LogP contribution is -2.48. The minimum Gasteiger partial charge on any atom is -0.325 e. The van der Waals surface area contributed by atoms with Crippen LogP contribution in [0.25, 0.3) is 0 Å². The van der Waals surface area contributed by atoms with Gasteiger partial charge in [-0.05, 0) is 42.3 Å². The van der Waals surface area contributed by atoms with Crippen molar-refractivity contribution in [3.05, 3.63) is 59.7 Å². The van der Waals surface area contributed by atoms with Crippen LogP contribution in [0.4, 0.5) is 14.5 Å². The van der Waals surface area contributed by atoms with Gasteiger partial charge >= 0.3 is 0 Å². The average Bonchev–Trinajstić information content (AvgIpc) is 2.66. The number of benzene rings is 2. The number of aryl methyl sites for hydroxylation is 1. The Morgan fingerprint density at radius 2 is 1.68 bits per heavy atom. The van der Waals surface area contributed by atoms with Gasteiger partial charge < -0.3 is 5.32 Å². The molecule has 1 aliphatic rings. The maximum Gasteiger partial charge on any atom is 0.288 e. The van der Waals surface area contributed by atoms with Crippen molar-refractivity contribution in [2.75, 3.05) is 38.0 Å². The quantitative estimate of drug-likeness (QED) is 0.705. The molecular weight excluding hydrogens is 380 g/mol. The largest absolute Gasteiger partial charge is 0.325 e. The van der Waals surface area contributed by atoms with Gasteiger partial charge in [0.1, 0.15) is 0 Å². The van der Waals surface area contributed by atoms with Crippen molar-refractivity contribution >= 4 is 23.4 Å². The van der Waals surface area contributed by atoms with E-state index in [1.807, 2.05) is 0 Å². The highest BCUT2D eigenvalue weighted by Crippen LogP contribution is 2.26. The van der Waals surface area contributed by atoms with Crippen molar-refractivity contribution in [1.82, 2.24) is 9.80 Å². The molecule has 3 rings (SSSR count). The number of hydrogen-bond donors (Lipinski definition) is 1. The van der Waals surface area contributed by atoms with Gasteiger partial charge in [0.15, 0.2) is 0 Å². The van der Waals surface area contributed by atoms with Gasteiger partial charge in [-0.3, -0.25) is 14.6 Å². The molecule has 0 radical (unpaired) electrons. The lowest BCUT2D eigenvalue weighted by atomic mass is 10.1. The van der Waals surface area contributed by atoms with Crippen LogP contribution >= 0.6 is 11.8 Å². The summed E-state index contributed by atoms with van der Waals surface area (Å²) in [4.78, 5) is 17.3. The maximum absolute atomic E-state index is 12.3. The molecule has 0 bridgehead atoms. The Morgan fingerprint density at radius 1 is 1.04 bits per heavy atom. The normalized spacial score (nSPS) is 15.7. The molecule has 1 amide bonds. The number of amides is 1. The topological polar surface area (TPSA) is 35.6 Å². The predicted octanol–water partition coefficient (Wildman–Crippen LogP) is 4.07. The van der Waals surface area contributed by atoms with Crippen molar-refractivity contribution in [3.8, 4) is 0 Å². The molecule has 1 fully saturated rings. The summed E-state index contributed by atoms with van der Waals surface area (Å²) in [5.41, 5.74) is 3.28. The van der Waals surface area contributed by atoms with Crippen LogP contribution in [0.3, 0.4) is 0 Å². The molecule has 150 valence electrons. The number of thioether (sulfide) groups is 1. The van der Waals surface area contributed by atoms with E-state index in [2.05, 4.69) is 46.3 Å². The number of anilines is 1. The molecule has 0 saturated carbocycles. The SMILES string of the molecule is Cc1ccccc1CN1CCN(CC(=O)Nc2ccc(SC(F)F)cc2)CC1. The van der Waals surface area contributed by atoms with E-state index in [4.69, 9.17) is 0 Å². The zero-order valence-electron chi connectivity index (χ0n) is 15.9. The number of nitrogens with zero attached hydrogens (tertiary/aromatic N) is 2. The number of hydrogen-bond acceptors (Lipinski definition) is 4. The molecule has 2 aromatic carbocycles. The number of halogens is 2. The van der Waals surface area contributed by atoms with Crippen molar-refractivity contribution in [2.45, 2.75) is 24.1 Å². The van der Waals surface area contributed by atoms with E-state index in [0.29, 0.717) is 28.9 Å². The highest BCUT2D eigenvalue weighted by atomic mass is 32.2. The highest BCUT2D eigenvalue weighted by molar-refractivity contribution is 7.99. The first kappa shape index (κ1) is 20.8. The maximum atomic E-state index is 12.3. The highest BCUT2D eigenvalue weighted by Gasteiger charge is 2.19. The minimum atomic E-state index is -2.44. The smallest absolute Gasteiger partial charge is 0.288 e. The number of carbonyl (C=O) groups is 1. The lowest BCUT2D eigenvalue weighted by Gasteiger charge is -2.34. The van der Waals surface area contributed by atoms with E-state index >= 15 is 0 Å². The third-order valence-corrected chi connectivity index (χ3v) is 5.57. The molecular formula is C21H25F2N3OS. The van der Waals surface area contributed by atoms with Crippen LogP contribution in [0.15, 0.2) is 53.4 Å². The first-order valence-electron chi connectivity index (χ1n) is 9.33. The summed E-state index contributed by atoms with van der Waals surface area (Å²) in [6.45, 7) is 6.98. The van der Waals surface area contributed by atoms with Gasteiger partial charge in [-0.15, -0.1) is 0 Å². The second-order valence-electron chi connectivity index (χ2n) is 6.93. The predicted molar refractivity (Wildman–Crippen MR) is 110 cm³/mol. The summed E-state index contributed by atoms with van der Waals surface area (Å²) in [6, 6.07) is 14.9. The standard InChI is InChI=1S/C21H25F2N3OS/c1-16-4-2-3-5-17(16)14-25-10-12-26(13-11-25)15-20(27)24-18-6-8-19(9-7-18)28-21(22)23/h2-9,21H,10-15H2,1H3,(H,24,27). The lowest BCUT2D eigenvalue weighted by molar-refractivity contribution is -0.117. The Hall–Kier alpha value is -1.96. The fourth-order valence-electron chi connectivity index (χ4n) is 3.26. The third kappa shape index (κ3) is 6.29. The molecule has 1 aliphatic heterocycles. The third-order valence-electron chi connectivity index (χ3n) is 4.85. The van der Waals surface area contributed by atoms with E-state index in [1.165, 1.54) is 11.1 Å². The fraction of sp³-hybridized carbons (Fsp3) is 0.381. The van der Waals surface area contributed by atoms with Crippen LogP contribution in [0.1, 0.15) is 11.1 Å². The Bertz CT molecular complexity index is 777. The van der Waals surface area contributed by atoms with Gasteiger partial charge in [-0.1, -0.05) is 36.0 Å². The van der Waals surface area contributed by atoms with Crippen molar-refractivity contribution in [2.24, 2.45) is 0 Å². The number of piperazine rings is 1. The van der Waals surface area contributed by atoms with Crippen molar-refractivity contribution in [3.63, 3.8) is 0 Å². The van der Waals surface area contributed by atoms with E-state index in [9.17, 15) is 13.6 Å². The fourth-order valence-corrected chi connectivity index (χ4v) is 3.76. The summed E-state index contributed by atoms with van der Waals surface area (Å²) < 4.78 is 24.7. The molecule has 1 saturated heterocycles. The number of alkyl halides is 2. The first-order chi connectivity index (χ1) is 13.5. The van der Waals surface area contributed by atoms with Crippen LogP contribution in [-0.4, -0.2) is 54.2 Å². The number of carbonyl (C=O) groups excluding carboxylic acids is 1. The second kappa shape index (κ2) is 10.0. The Labute approximate surface area is 168 Å². The molecule has 28 heavy (non-hydrogen) atoms. The van der Waals surface area contributed by atoms with Crippen LogP contribution in [0.2, 0.25) is 0 Å². The van der Waals surface area contributed by atoms with Crippen LogP contribution in [0.5, 0.6) is 0 Å². The summed E-state index contributed by atoms with van der Waals surface area (Å²) in [5.74, 6) is -2.52. The first-order valence-corrected chi connectivity index (χ1v) is 10.2. The van der Waals surface area contributed by atoms with Crippen molar-refractivity contribution < 1.29 is 13.6 Å². The summed E-state index contributed by atoms with van der Waals surface area (Å²) >= 11 is 0.497. The van der Waals surface area contributed by atoms with Gasteiger partial charge in [-0.2, -0.15) is 8.78 Å². The van der Waals surface area contributed by atoms with E-state index in [0.717, 1.165) is 32.7 Å². The molecule has 0 unspecified atom stereocenters. The number of nitrogens with one attached hydrogen (secondary N) is 1. The molecule has 0 aliphatic carbocycles. The van der Waals surface area contributed by atoms with Gasteiger partial charge in [0.05, 0.1) is 6.54 Å². The molecule has 0 aromatic heterocycles. The van der Waals surface area contributed by atoms with E-state index in [1.54, 1.807) is 24.3 Å². The Morgan fingerprint density at radius 3 is 2.32 bits per heavy atom. The zero-order chi connectivity index (χ0) is 19.9. The summed E-state index contributed by atoms with van der Waals surface area (Å²) in [5, 5.41) is 2.84. The molecule has 0 spiro atoms.